The van der Waals surface area contributed by atoms with Gasteiger partial charge < -0.3 is 20.3 Å². The third-order valence-electron chi connectivity index (χ3n) is 3.57. The molecule has 0 aromatic carbocycles. The van der Waals surface area contributed by atoms with Crippen molar-refractivity contribution < 1.29 is 14.5 Å². The molecule has 1 unspecified atom stereocenters. The molecule has 0 bridgehead atoms. The van der Waals surface area contributed by atoms with E-state index in [0.29, 0.717) is 25.2 Å². The van der Waals surface area contributed by atoms with Crippen LogP contribution < -0.4 is 15.5 Å². The predicted octanol–water partition coefficient (Wildman–Crippen LogP) is 2.13. The minimum atomic E-state index is -0.562. The van der Waals surface area contributed by atoms with Crippen LogP contribution in [0.5, 0.6) is 0 Å². The van der Waals surface area contributed by atoms with Gasteiger partial charge in [-0.25, -0.2) is 9.78 Å². The quantitative estimate of drug-likeness (QED) is 0.640. The highest BCUT2D eigenvalue weighted by molar-refractivity contribution is 5.74. The number of alkyl carbamates (subject to hydrolysis) is 1. The lowest BCUT2D eigenvalue weighted by molar-refractivity contribution is -0.383. The lowest BCUT2D eigenvalue weighted by Crippen LogP contribution is -2.40. The lowest BCUT2D eigenvalue weighted by atomic mass is 10.2. The van der Waals surface area contributed by atoms with Gasteiger partial charge in [0.15, 0.2) is 0 Å². The summed E-state index contributed by atoms with van der Waals surface area (Å²) < 4.78 is 5.24. The van der Waals surface area contributed by atoms with Crippen LogP contribution >= 0.6 is 0 Å². The molecule has 2 N–H and O–H groups in total. The number of hydrogen-bond acceptors (Lipinski definition) is 7. The Kier molecular flexibility index (Phi) is 5.10. The molecule has 1 aromatic rings. The fourth-order valence-corrected chi connectivity index (χ4v) is 2.63. The molecule has 1 aromatic heterocycles. The first-order valence-corrected chi connectivity index (χ1v) is 7.77. The molecular weight excluding hydrogens is 314 g/mol. The SMILES string of the molecule is CNc1nccc(N2CCC(NC(=O)OC(C)(C)C)C2)c1[N+](=O)[O-]. The summed E-state index contributed by atoms with van der Waals surface area (Å²) in [7, 11) is 1.59. The summed E-state index contributed by atoms with van der Waals surface area (Å²) >= 11 is 0. The van der Waals surface area contributed by atoms with Crippen LogP contribution in [0.25, 0.3) is 0 Å². The van der Waals surface area contributed by atoms with Gasteiger partial charge in [0, 0.05) is 26.3 Å². The Hall–Kier alpha value is -2.58. The van der Waals surface area contributed by atoms with Crippen molar-refractivity contribution >= 4 is 23.3 Å². The highest BCUT2D eigenvalue weighted by Gasteiger charge is 2.31. The zero-order chi connectivity index (χ0) is 17.9. The molecule has 1 aliphatic heterocycles. The molecule has 24 heavy (non-hydrogen) atoms. The van der Waals surface area contributed by atoms with Crippen LogP contribution in [-0.2, 0) is 4.74 Å². The van der Waals surface area contributed by atoms with Crippen molar-refractivity contribution in [3.05, 3.63) is 22.4 Å². The summed E-state index contributed by atoms with van der Waals surface area (Å²) in [4.78, 5) is 28.7. The highest BCUT2D eigenvalue weighted by atomic mass is 16.6. The summed E-state index contributed by atoms with van der Waals surface area (Å²) in [6.07, 6.45) is 1.74. The van der Waals surface area contributed by atoms with Gasteiger partial charge in [0.05, 0.1) is 11.0 Å². The van der Waals surface area contributed by atoms with Crippen molar-refractivity contribution in [3.63, 3.8) is 0 Å². The largest absolute Gasteiger partial charge is 0.444 e. The number of pyridine rings is 1. The average molecular weight is 337 g/mol. The van der Waals surface area contributed by atoms with E-state index in [1.165, 1.54) is 6.20 Å². The van der Waals surface area contributed by atoms with Crippen molar-refractivity contribution in [1.29, 1.82) is 0 Å². The number of aromatic nitrogens is 1. The van der Waals surface area contributed by atoms with Gasteiger partial charge in [-0.3, -0.25) is 10.1 Å². The van der Waals surface area contributed by atoms with Gasteiger partial charge in [0.25, 0.3) is 0 Å². The molecule has 0 saturated carbocycles. The zero-order valence-electron chi connectivity index (χ0n) is 14.3. The first-order chi connectivity index (χ1) is 11.2. The van der Waals surface area contributed by atoms with Crippen LogP contribution in [0.15, 0.2) is 12.3 Å². The summed E-state index contributed by atoms with van der Waals surface area (Å²) in [6.45, 7) is 6.48. The van der Waals surface area contributed by atoms with E-state index in [2.05, 4.69) is 15.6 Å². The molecule has 9 nitrogen and oxygen atoms in total. The molecule has 2 heterocycles. The zero-order valence-corrected chi connectivity index (χ0v) is 14.3. The Balaban J connectivity index is 2.09. The summed E-state index contributed by atoms with van der Waals surface area (Å²) in [5.41, 5.74) is -0.126. The van der Waals surface area contributed by atoms with E-state index in [-0.39, 0.29) is 17.5 Å². The predicted molar refractivity (Wildman–Crippen MR) is 90.4 cm³/mol. The molecule has 1 aliphatic rings. The number of ether oxygens (including phenoxy) is 1. The Morgan fingerprint density at radius 3 is 2.79 bits per heavy atom. The molecule has 1 saturated heterocycles. The minimum absolute atomic E-state index is 0.0575. The Morgan fingerprint density at radius 1 is 1.50 bits per heavy atom. The van der Waals surface area contributed by atoms with E-state index in [0.717, 1.165) is 0 Å². The molecule has 0 spiro atoms. The van der Waals surface area contributed by atoms with Gasteiger partial charge in [-0.15, -0.1) is 0 Å². The van der Waals surface area contributed by atoms with Crippen molar-refractivity contribution in [2.45, 2.75) is 38.8 Å². The van der Waals surface area contributed by atoms with Crippen LogP contribution in [0.4, 0.5) is 22.0 Å². The summed E-state index contributed by atoms with van der Waals surface area (Å²) in [5.74, 6) is 0.223. The fourth-order valence-electron chi connectivity index (χ4n) is 2.63. The maximum absolute atomic E-state index is 11.9. The number of carbonyl (C=O) groups is 1. The van der Waals surface area contributed by atoms with E-state index in [4.69, 9.17) is 4.74 Å². The highest BCUT2D eigenvalue weighted by Crippen LogP contribution is 2.35. The smallest absolute Gasteiger partial charge is 0.407 e. The topological polar surface area (TPSA) is 110 Å². The van der Waals surface area contributed by atoms with Gasteiger partial charge in [-0.05, 0) is 33.3 Å². The van der Waals surface area contributed by atoms with Crippen LogP contribution in [0.2, 0.25) is 0 Å². The van der Waals surface area contributed by atoms with Crippen molar-refractivity contribution in [3.8, 4) is 0 Å². The number of anilines is 2. The van der Waals surface area contributed by atoms with E-state index in [9.17, 15) is 14.9 Å². The van der Waals surface area contributed by atoms with E-state index < -0.39 is 16.6 Å². The number of nitrogens with one attached hydrogen (secondary N) is 2. The summed E-state index contributed by atoms with van der Waals surface area (Å²) in [6, 6.07) is 1.50. The van der Waals surface area contributed by atoms with Crippen LogP contribution in [-0.4, -0.2) is 47.8 Å². The van der Waals surface area contributed by atoms with Crippen LogP contribution in [0.1, 0.15) is 27.2 Å². The van der Waals surface area contributed by atoms with Crippen molar-refractivity contribution in [1.82, 2.24) is 10.3 Å². The van der Waals surface area contributed by atoms with Crippen molar-refractivity contribution in [2.24, 2.45) is 0 Å². The maximum Gasteiger partial charge on any atom is 0.407 e. The molecule has 1 fully saturated rings. The van der Waals surface area contributed by atoms with Gasteiger partial charge in [-0.2, -0.15) is 0 Å². The van der Waals surface area contributed by atoms with Gasteiger partial charge in [0.1, 0.15) is 11.3 Å². The van der Waals surface area contributed by atoms with E-state index in [1.54, 1.807) is 33.9 Å². The number of rotatable bonds is 4. The molecule has 1 amide bonds. The molecule has 1 atom stereocenters. The molecule has 132 valence electrons. The number of nitrogens with zero attached hydrogens (tertiary/aromatic N) is 3. The first kappa shape index (κ1) is 17.8. The standard InChI is InChI=1S/C15H23N5O4/c1-15(2,3)24-14(21)18-10-6-8-19(9-10)11-5-7-17-13(16-4)12(11)20(22)23/h5,7,10H,6,8-9H2,1-4H3,(H,16,17)(H,18,21). The Labute approximate surface area is 140 Å². The van der Waals surface area contributed by atoms with Crippen molar-refractivity contribution in [2.75, 3.05) is 30.4 Å². The minimum Gasteiger partial charge on any atom is -0.444 e. The molecule has 0 radical (unpaired) electrons. The van der Waals surface area contributed by atoms with E-state index in [1.807, 2.05) is 4.90 Å². The molecule has 0 aliphatic carbocycles. The van der Waals surface area contributed by atoms with Gasteiger partial charge in [0.2, 0.25) is 5.82 Å². The van der Waals surface area contributed by atoms with E-state index >= 15 is 0 Å². The van der Waals surface area contributed by atoms with Crippen LogP contribution in [0.3, 0.4) is 0 Å². The second-order valence-electron chi connectivity index (χ2n) is 6.61. The molecule has 9 heteroatoms. The second kappa shape index (κ2) is 6.90. The third kappa shape index (κ3) is 4.24. The maximum atomic E-state index is 11.9. The van der Waals surface area contributed by atoms with Crippen LogP contribution in [0, 0.1) is 10.1 Å². The normalized spacial score (nSPS) is 17.5. The fraction of sp³-hybridized carbons (Fsp3) is 0.600. The molecular formula is C15H23N5O4. The van der Waals surface area contributed by atoms with Gasteiger partial charge in [-0.1, -0.05) is 0 Å². The number of amides is 1. The second-order valence-corrected chi connectivity index (χ2v) is 6.61. The van der Waals surface area contributed by atoms with Gasteiger partial charge >= 0.3 is 11.8 Å². The number of hydrogen-bond donors (Lipinski definition) is 2. The monoisotopic (exact) mass is 337 g/mol. The summed E-state index contributed by atoms with van der Waals surface area (Å²) in [5, 5.41) is 16.9. The first-order valence-electron chi connectivity index (χ1n) is 7.77. The lowest BCUT2D eigenvalue weighted by Gasteiger charge is -2.22. The Bertz CT molecular complexity index is 629. The number of nitro groups is 1. The third-order valence-corrected chi connectivity index (χ3v) is 3.57. The number of carbonyl (C=O) groups excluding carboxylic acids is 1. The molecule has 2 rings (SSSR count). The average Bonchev–Trinajstić information content (AvgIpc) is 2.92. The Morgan fingerprint density at radius 2 is 2.21 bits per heavy atom.